The Kier molecular flexibility index (Phi) is 5.99. The van der Waals surface area contributed by atoms with Crippen LogP contribution >= 0.6 is 11.6 Å². The van der Waals surface area contributed by atoms with Crippen LogP contribution in [-0.4, -0.2) is 19.2 Å². The van der Waals surface area contributed by atoms with Gasteiger partial charge in [-0.15, -0.1) is 0 Å². The highest BCUT2D eigenvalue weighted by Gasteiger charge is 2.19. The van der Waals surface area contributed by atoms with E-state index in [4.69, 9.17) is 16.3 Å². The molecule has 2 nitrogen and oxygen atoms in total. The molecule has 0 aromatic heterocycles. The lowest BCUT2D eigenvalue weighted by molar-refractivity contribution is 0.302. The van der Waals surface area contributed by atoms with E-state index in [1.807, 2.05) is 25.1 Å². The first-order valence-electron chi connectivity index (χ1n) is 7.38. The fourth-order valence-electron chi connectivity index (χ4n) is 2.13. The minimum absolute atomic E-state index is 0.771. The maximum atomic E-state index is 5.91. The molecule has 3 heteroatoms. The molecule has 0 radical (unpaired) electrons. The molecule has 0 saturated heterocycles. The van der Waals surface area contributed by atoms with E-state index in [1.54, 1.807) is 0 Å². The summed E-state index contributed by atoms with van der Waals surface area (Å²) in [5, 5.41) is 4.31. The molecule has 0 heterocycles. The molecule has 1 saturated carbocycles. The molecule has 1 aliphatic carbocycles. The summed E-state index contributed by atoms with van der Waals surface area (Å²) in [6.07, 6.45) is 7.73. The van der Waals surface area contributed by atoms with E-state index in [2.05, 4.69) is 5.32 Å². The summed E-state index contributed by atoms with van der Waals surface area (Å²) in [6, 6.07) is 6.63. The molecule has 0 unspecified atom stereocenters. The molecule has 0 amide bonds. The van der Waals surface area contributed by atoms with Crippen LogP contribution in [0.3, 0.4) is 0 Å². The highest BCUT2D eigenvalue weighted by atomic mass is 35.5. The molecule has 0 atom stereocenters. The summed E-state index contributed by atoms with van der Waals surface area (Å²) in [5.41, 5.74) is 1.11. The zero-order valence-corrected chi connectivity index (χ0v) is 12.5. The molecule has 0 spiro atoms. The average Bonchev–Trinajstić information content (AvgIpc) is 3.19. The van der Waals surface area contributed by atoms with Crippen LogP contribution < -0.4 is 10.1 Å². The first-order valence-corrected chi connectivity index (χ1v) is 7.76. The number of ether oxygens (including phenoxy) is 1. The highest BCUT2D eigenvalue weighted by molar-refractivity contribution is 6.30. The van der Waals surface area contributed by atoms with E-state index in [0.717, 1.165) is 35.4 Å². The zero-order chi connectivity index (χ0) is 13.5. The van der Waals surface area contributed by atoms with Crippen molar-refractivity contribution in [3.63, 3.8) is 0 Å². The number of hydrogen-bond donors (Lipinski definition) is 1. The lowest BCUT2D eigenvalue weighted by Crippen LogP contribution is -2.17. The number of halogens is 1. The predicted octanol–water partition coefficient (Wildman–Crippen LogP) is 4.34. The summed E-state index contributed by atoms with van der Waals surface area (Å²) in [6.45, 7) is 4.02. The normalized spacial score (nSPS) is 14.6. The van der Waals surface area contributed by atoms with Crippen molar-refractivity contribution in [3.8, 4) is 5.75 Å². The maximum absolute atomic E-state index is 5.91. The maximum Gasteiger partial charge on any atom is 0.122 e. The summed E-state index contributed by atoms with van der Waals surface area (Å²) in [7, 11) is 0. The third kappa shape index (κ3) is 5.84. The van der Waals surface area contributed by atoms with Crippen LogP contribution in [-0.2, 0) is 0 Å². The molecule has 0 aliphatic heterocycles. The van der Waals surface area contributed by atoms with Gasteiger partial charge in [-0.1, -0.05) is 24.4 Å². The summed E-state index contributed by atoms with van der Waals surface area (Å²) < 4.78 is 5.77. The summed E-state index contributed by atoms with van der Waals surface area (Å²) in [4.78, 5) is 0. The van der Waals surface area contributed by atoms with Crippen LogP contribution in [0.5, 0.6) is 5.75 Å². The topological polar surface area (TPSA) is 21.3 Å². The second kappa shape index (κ2) is 7.76. The van der Waals surface area contributed by atoms with Crippen LogP contribution in [0, 0.1) is 6.92 Å². The van der Waals surface area contributed by atoms with Gasteiger partial charge in [-0.25, -0.2) is 0 Å². The summed E-state index contributed by atoms with van der Waals surface area (Å²) >= 11 is 5.91. The zero-order valence-electron chi connectivity index (χ0n) is 11.8. The SMILES string of the molecule is Cc1cc(Cl)ccc1OCCCCCCNC1CC1. The van der Waals surface area contributed by atoms with Gasteiger partial charge in [0.05, 0.1) is 6.61 Å². The predicted molar refractivity (Wildman–Crippen MR) is 81.2 cm³/mol. The van der Waals surface area contributed by atoms with Crippen molar-refractivity contribution in [2.24, 2.45) is 0 Å². The van der Waals surface area contributed by atoms with Crippen molar-refractivity contribution >= 4 is 11.6 Å². The van der Waals surface area contributed by atoms with Crippen LogP contribution in [0.1, 0.15) is 44.1 Å². The van der Waals surface area contributed by atoms with Crippen molar-refractivity contribution in [3.05, 3.63) is 28.8 Å². The Hall–Kier alpha value is -0.730. The Morgan fingerprint density at radius 3 is 2.74 bits per heavy atom. The number of nitrogens with one attached hydrogen (secondary N) is 1. The molecule has 1 aliphatic rings. The minimum Gasteiger partial charge on any atom is -0.493 e. The van der Waals surface area contributed by atoms with Gasteiger partial charge < -0.3 is 10.1 Å². The smallest absolute Gasteiger partial charge is 0.122 e. The van der Waals surface area contributed by atoms with Crippen LogP contribution in [0.4, 0.5) is 0 Å². The Bertz CT molecular complexity index is 390. The number of rotatable bonds is 9. The number of benzene rings is 1. The first-order chi connectivity index (χ1) is 9.25. The molecule has 106 valence electrons. The number of aryl methyl sites for hydroxylation is 1. The number of unbranched alkanes of at least 4 members (excludes halogenated alkanes) is 3. The minimum atomic E-state index is 0.771. The third-order valence-corrected chi connectivity index (χ3v) is 3.71. The van der Waals surface area contributed by atoms with Crippen molar-refractivity contribution in [1.29, 1.82) is 0 Å². The van der Waals surface area contributed by atoms with Gasteiger partial charge in [-0.05, 0) is 62.9 Å². The molecule has 19 heavy (non-hydrogen) atoms. The Morgan fingerprint density at radius 1 is 1.21 bits per heavy atom. The summed E-state index contributed by atoms with van der Waals surface area (Å²) in [5.74, 6) is 0.958. The van der Waals surface area contributed by atoms with Gasteiger partial charge in [0.15, 0.2) is 0 Å². The molecule has 1 N–H and O–H groups in total. The highest BCUT2D eigenvalue weighted by Crippen LogP contribution is 2.22. The van der Waals surface area contributed by atoms with Crippen molar-refractivity contribution in [2.75, 3.05) is 13.2 Å². The third-order valence-electron chi connectivity index (χ3n) is 3.48. The standard InChI is InChI=1S/C16H24ClNO/c1-13-12-14(17)6-9-16(13)19-11-5-3-2-4-10-18-15-7-8-15/h6,9,12,15,18H,2-5,7-8,10-11H2,1H3. The monoisotopic (exact) mass is 281 g/mol. The largest absolute Gasteiger partial charge is 0.493 e. The molecule has 2 rings (SSSR count). The Morgan fingerprint density at radius 2 is 2.00 bits per heavy atom. The first kappa shape index (κ1) is 14.7. The molecule has 0 bridgehead atoms. The second-order valence-corrected chi connectivity index (χ2v) is 5.84. The van der Waals surface area contributed by atoms with Crippen molar-refractivity contribution in [2.45, 2.75) is 51.5 Å². The fourth-order valence-corrected chi connectivity index (χ4v) is 2.36. The van der Waals surface area contributed by atoms with Crippen LogP contribution in [0.25, 0.3) is 0 Å². The lowest BCUT2D eigenvalue weighted by Gasteiger charge is -2.09. The second-order valence-electron chi connectivity index (χ2n) is 5.40. The van der Waals surface area contributed by atoms with E-state index >= 15 is 0 Å². The van der Waals surface area contributed by atoms with E-state index in [1.165, 1.54) is 38.6 Å². The quantitative estimate of drug-likeness (QED) is 0.680. The van der Waals surface area contributed by atoms with E-state index in [9.17, 15) is 0 Å². The molecule has 1 fully saturated rings. The van der Waals surface area contributed by atoms with Crippen molar-refractivity contribution < 1.29 is 4.74 Å². The fraction of sp³-hybridized carbons (Fsp3) is 0.625. The van der Waals surface area contributed by atoms with Gasteiger partial charge in [0, 0.05) is 11.1 Å². The van der Waals surface area contributed by atoms with Crippen molar-refractivity contribution in [1.82, 2.24) is 5.32 Å². The Labute approximate surface area is 121 Å². The number of hydrogen-bond acceptors (Lipinski definition) is 2. The van der Waals surface area contributed by atoms with Crippen LogP contribution in [0.2, 0.25) is 5.02 Å². The van der Waals surface area contributed by atoms with Gasteiger partial charge in [0.1, 0.15) is 5.75 Å². The van der Waals surface area contributed by atoms with Gasteiger partial charge in [-0.2, -0.15) is 0 Å². The molecular weight excluding hydrogens is 258 g/mol. The van der Waals surface area contributed by atoms with E-state index in [-0.39, 0.29) is 0 Å². The van der Waals surface area contributed by atoms with E-state index < -0.39 is 0 Å². The van der Waals surface area contributed by atoms with Gasteiger partial charge in [0.2, 0.25) is 0 Å². The van der Waals surface area contributed by atoms with Crippen LogP contribution in [0.15, 0.2) is 18.2 Å². The van der Waals surface area contributed by atoms with Gasteiger partial charge in [0.25, 0.3) is 0 Å². The molecule has 1 aromatic carbocycles. The lowest BCUT2D eigenvalue weighted by atomic mass is 10.2. The average molecular weight is 282 g/mol. The molecule has 1 aromatic rings. The molecular formula is C16H24ClNO. The van der Waals surface area contributed by atoms with Gasteiger partial charge >= 0.3 is 0 Å². The van der Waals surface area contributed by atoms with E-state index in [0.29, 0.717) is 0 Å². The Balaban J connectivity index is 1.48. The van der Waals surface area contributed by atoms with Gasteiger partial charge in [-0.3, -0.25) is 0 Å².